The molecule has 1 fully saturated rings. The van der Waals surface area contributed by atoms with Gasteiger partial charge >= 0.3 is 0 Å². The van der Waals surface area contributed by atoms with Crippen LogP contribution in [0.25, 0.3) is 0 Å². The van der Waals surface area contributed by atoms with Crippen LogP contribution in [-0.2, 0) is 14.8 Å². The summed E-state index contributed by atoms with van der Waals surface area (Å²) in [5.74, 6) is 0.204. The molecule has 4 rings (SSSR count). The Labute approximate surface area is 174 Å². The predicted octanol–water partition coefficient (Wildman–Crippen LogP) is 3.58. The number of nitrogens with one attached hydrogen (secondary N) is 1. The number of hydrogen-bond donors (Lipinski definition) is 1. The maximum Gasteiger partial charge on any atom is 0.243 e. The van der Waals surface area contributed by atoms with Crippen LogP contribution in [-0.4, -0.2) is 37.5 Å². The lowest BCUT2D eigenvalue weighted by Crippen LogP contribution is -2.44. The summed E-state index contributed by atoms with van der Waals surface area (Å²) in [6.07, 6.45) is 1.72. The van der Waals surface area contributed by atoms with Crippen molar-refractivity contribution in [3.8, 4) is 0 Å². The summed E-state index contributed by atoms with van der Waals surface area (Å²) >= 11 is 1.48. The average Bonchev–Trinajstić information content (AvgIpc) is 2.75. The molecular formula is C21H23FN2O3S2. The Bertz CT molecular complexity index is 990. The van der Waals surface area contributed by atoms with Gasteiger partial charge in [0.2, 0.25) is 15.9 Å². The van der Waals surface area contributed by atoms with Gasteiger partial charge in [0.25, 0.3) is 0 Å². The fraction of sp³-hybridized carbons (Fsp3) is 0.381. The maximum absolute atomic E-state index is 14.0. The maximum atomic E-state index is 14.0. The van der Waals surface area contributed by atoms with E-state index in [1.807, 2.05) is 6.07 Å². The molecular weight excluding hydrogens is 411 g/mol. The van der Waals surface area contributed by atoms with Crippen molar-refractivity contribution in [3.63, 3.8) is 0 Å². The number of rotatable bonds is 4. The molecule has 0 radical (unpaired) electrons. The van der Waals surface area contributed by atoms with Gasteiger partial charge in [-0.25, -0.2) is 12.8 Å². The van der Waals surface area contributed by atoms with E-state index < -0.39 is 10.0 Å². The zero-order valence-electron chi connectivity index (χ0n) is 15.9. The molecule has 2 heterocycles. The number of carbonyl (C=O) groups is 1. The smallest absolute Gasteiger partial charge is 0.243 e. The van der Waals surface area contributed by atoms with Crippen molar-refractivity contribution >= 4 is 27.7 Å². The lowest BCUT2D eigenvalue weighted by Gasteiger charge is -2.32. The molecule has 0 bridgehead atoms. The minimum Gasteiger partial charge on any atom is -0.349 e. The molecule has 0 saturated carbocycles. The van der Waals surface area contributed by atoms with Gasteiger partial charge in [0, 0.05) is 29.7 Å². The molecule has 2 aliphatic heterocycles. The van der Waals surface area contributed by atoms with Gasteiger partial charge in [0.05, 0.1) is 10.9 Å². The molecule has 1 atom stereocenters. The van der Waals surface area contributed by atoms with Crippen LogP contribution in [0.5, 0.6) is 0 Å². The van der Waals surface area contributed by atoms with Gasteiger partial charge in [0.15, 0.2) is 0 Å². The second kappa shape index (κ2) is 8.45. The monoisotopic (exact) mass is 434 g/mol. The van der Waals surface area contributed by atoms with Crippen LogP contribution in [0.1, 0.15) is 30.9 Å². The highest BCUT2D eigenvalue weighted by Gasteiger charge is 2.33. The van der Waals surface area contributed by atoms with Crippen molar-refractivity contribution in [1.82, 2.24) is 9.62 Å². The zero-order chi connectivity index (χ0) is 20.4. The molecule has 0 spiro atoms. The number of halogens is 1. The highest BCUT2D eigenvalue weighted by Crippen LogP contribution is 2.38. The van der Waals surface area contributed by atoms with Crippen LogP contribution < -0.4 is 5.32 Å². The standard InChI is InChI=1S/C21H23FN2O3S2/c22-18-8-4-7-17-19(11-14-28-20(17)18)23-21(25)15-9-12-24(13-10-15)29(26,27)16-5-2-1-3-6-16/h1-8,15,19H,9-14H2,(H,23,25)/t19-/m0/s1. The summed E-state index contributed by atoms with van der Waals surface area (Å²) in [5.41, 5.74) is 0.832. The Hall–Kier alpha value is -1.90. The van der Waals surface area contributed by atoms with Crippen LogP contribution in [0.2, 0.25) is 0 Å². The number of sulfonamides is 1. The minimum absolute atomic E-state index is 0.0751. The van der Waals surface area contributed by atoms with Crippen LogP contribution in [0.15, 0.2) is 58.3 Å². The van der Waals surface area contributed by atoms with E-state index in [-0.39, 0.29) is 28.6 Å². The molecule has 8 heteroatoms. The number of amides is 1. The van der Waals surface area contributed by atoms with Crippen LogP contribution >= 0.6 is 11.8 Å². The number of piperidine rings is 1. The number of hydrogen-bond acceptors (Lipinski definition) is 4. The van der Waals surface area contributed by atoms with Crippen molar-refractivity contribution in [2.24, 2.45) is 5.92 Å². The van der Waals surface area contributed by atoms with Crippen molar-refractivity contribution in [2.75, 3.05) is 18.8 Å². The van der Waals surface area contributed by atoms with Gasteiger partial charge in [0.1, 0.15) is 5.82 Å². The highest BCUT2D eigenvalue weighted by atomic mass is 32.2. The third-order valence-electron chi connectivity index (χ3n) is 5.55. The van der Waals surface area contributed by atoms with Crippen LogP contribution in [0.4, 0.5) is 4.39 Å². The zero-order valence-corrected chi connectivity index (χ0v) is 17.5. The van der Waals surface area contributed by atoms with Gasteiger partial charge in [-0.3, -0.25) is 4.79 Å². The van der Waals surface area contributed by atoms with Gasteiger partial charge in [-0.1, -0.05) is 30.3 Å². The van der Waals surface area contributed by atoms with E-state index in [9.17, 15) is 17.6 Å². The first-order chi connectivity index (χ1) is 14.0. The van der Waals surface area contributed by atoms with Crippen LogP contribution in [0.3, 0.4) is 0 Å². The largest absolute Gasteiger partial charge is 0.349 e. The fourth-order valence-electron chi connectivity index (χ4n) is 3.93. The van der Waals surface area contributed by atoms with E-state index in [1.54, 1.807) is 36.4 Å². The second-order valence-electron chi connectivity index (χ2n) is 7.35. The second-order valence-corrected chi connectivity index (χ2v) is 10.4. The highest BCUT2D eigenvalue weighted by molar-refractivity contribution is 7.99. The molecule has 29 heavy (non-hydrogen) atoms. The third-order valence-corrected chi connectivity index (χ3v) is 8.62. The van der Waals surface area contributed by atoms with Crippen molar-refractivity contribution < 1.29 is 17.6 Å². The Kier molecular flexibility index (Phi) is 5.94. The third kappa shape index (κ3) is 4.20. The number of benzene rings is 2. The summed E-state index contributed by atoms with van der Waals surface area (Å²) in [6.45, 7) is 0.641. The molecule has 0 aliphatic carbocycles. The van der Waals surface area contributed by atoms with E-state index in [0.717, 1.165) is 17.7 Å². The first kappa shape index (κ1) is 20.4. The summed E-state index contributed by atoms with van der Waals surface area (Å²) in [7, 11) is -3.53. The molecule has 2 aliphatic rings. The summed E-state index contributed by atoms with van der Waals surface area (Å²) < 4.78 is 41.0. The van der Waals surface area contributed by atoms with Gasteiger partial charge in [-0.2, -0.15) is 4.31 Å². The Morgan fingerprint density at radius 1 is 1.03 bits per heavy atom. The first-order valence-electron chi connectivity index (χ1n) is 9.73. The molecule has 0 unspecified atom stereocenters. The van der Waals surface area contributed by atoms with E-state index in [4.69, 9.17) is 0 Å². The Morgan fingerprint density at radius 2 is 1.76 bits per heavy atom. The van der Waals surface area contributed by atoms with Crippen molar-refractivity contribution in [1.29, 1.82) is 0 Å². The molecule has 5 nitrogen and oxygen atoms in total. The first-order valence-corrected chi connectivity index (χ1v) is 12.2. The molecule has 2 aromatic carbocycles. The summed E-state index contributed by atoms with van der Waals surface area (Å²) in [4.78, 5) is 13.7. The van der Waals surface area contributed by atoms with E-state index >= 15 is 0 Å². The van der Waals surface area contributed by atoms with Gasteiger partial charge in [-0.15, -0.1) is 11.8 Å². The lowest BCUT2D eigenvalue weighted by molar-refractivity contribution is -0.127. The molecule has 154 valence electrons. The fourth-order valence-corrected chi connectivity index (χ4v) is 6.56. The minimum atomic E-state index is -3.53. The number of carbonyl (C=O) groups excluding carboxylic acids is 1. The SMILES string of the molecule is O=C(N[C@H]1CCSc2c(F)cccc21)C1CCN(S(=O)(=O)c2ccccc2)CC1. The Balaban J connectivity index is 1.39. The predicted molar refractivity (Wildman–Crippen MR) is 111 cm³/mol. The molecule has 1 N–H and O–H groups in total. The number of thioether (sulfide) groups is 1. The normalized spacial score (nSPS) is 20.8. The number of fused-ring (bicyclic) bond motifs is 1. The topological polar surface area (TPSA) is 66.5 Å². The number of nitrogens with zero attached hydrogens (tertiary/aromatic N) is 1. The van der Waals surface area contributed by atoms with Gasteiger partial charge < -0.3 is 5.32 Å². The Morgan fingerprint density at radius 3 is 2.48 bits per heavy atom. The molecule has 1 saturated heterocycles. The van der Waals surface area contributed by atoms with Crippen molar-refractivity contribution in [2.45, 2.75) is 35.1 Å². The average molecular weight is 435 g/mol. The summed E-state index contributed by atoms with van der Waals surface area (Å²) in [5, 5.41) is 3.07. The molecule has 2 aromatic rings. The quantitative estimate of drug-likeness (QED) is 0.799. The van der Waals surface area contributed by atoms with Crippen LogP contribution in [0, 0.1) is 11.7 Å². The molecule has 0 aromatic heterocycles. The molecule has 1 amide bonds. The lowest BCUT2D eigenvalue weighted by atomic mass is 9.95. The van der Waals surface area contributed by atoms with Crippen molar-refractivity contribution in [3.05, 3.63) is 59.9 Å². The van der Waals surface area contributed by atoms with E-state index in [1.165, 1.54) is 22.1 Å². The summed E-state index contributed by atoms with van der Waals surface area (Å²) in [6, 6.07) is 13.2. The van der Waals surface area contributed by atoms with Gasteiger partial charge in [-0.05, 0) is 43.0 Å². The van der Waals surface area contributed by atoms with E-state index in [2.05, 4.69) is 5.32 Å². The van der Waals surface area contributed by atoms with E-state index in [0.29, 0.717) is 30.8 Å².